The number of rotatable bonds is 1. The summed E-state index contributed by atoms with van der Waals surface area (Å²) in [6, 6.07) is 5.56. The fraction of sp³-hybridized carbons (Fsp3) is 0.533. The maximum atomic E-state index is 12.5. The summed E-state index contributed by atoms with van der Waals surface area (Å²) in [5, 5.41) is 9.91. The van der Waals surface area contributed by atoms with Crippen LogP contribution in [0.2, 0.25) is 0 Å². The SMILES string of the molecule is Cc1cccc(C(=O)N2CC3CCC(O)C3C2)c1N. The van der Waals surface area contributed by atoms with Gasteiger partial charge in [-0.25, -0.2) is 0 Å². The molecule has 3 atom stereocenters. The largest absolute Gasteiger partial charge is 0.398 e. The van der Waals surface area contributed by atoms with Crippen LogP contribution in [0.25, 0.3) is 0 Å². The summed E-state index contributed by atoms with van der Waals surface area (Å²) >= 11 is 0. The van der Waals surface area contributed by atoms with E-state index >= 15 is 0 Å². The van der Waals surface area contributed by atoms with Crippen molar-refractivity contribution in [3.8, 4) is 0 Å². The van der Waals surface area contributed by atoms with Gasteiger partial charge < -0.3 is 15.7 Å². The fourth-order valence-corrected chi connectivity index (χ4v) is 3.44. The van der Waals surface area contributed by atoms with Crippen LogP contribution in [0.4, 0.5) is 5.69 Å². The number of nitrogens with zero attached hydrogens (tertiary/aromatic N) is 1. The van der Waals surface area contributed by atoms with Gasteiger partial charge in [-0.05, 0) is 37.3 Å². The van der Waals surface area contributed by atoms with E-state index in [1.165, 1.54) is 0 Å². The first-order chi connectivity index (χ1) is 9.08. The van der Waals surface area contributed by atoms with Crippen LogP contribution in [-0.2, 0) is 0 Å². The summed E-state index contributed by atoms with van der Waals surface area (Å²) in [6.45, 7) is 3.33. The number of nitrogens with two attached hydrogens (primary N) is 1. The minimum Gasteiger partial charge on any atom is -0.398 e. The molecule has 1 aliphatic heterocycles. The molecule has 2 aliphatic rings. The van der Waals surface area contributed by atoms with E-state index in [0.717, 1.165) is 24.9 Å². The quantitative estimate of drug-likeness (QED) is 0.750. The van der Waals surface area contributed by atoms with Gasteiger partial charge in [0.1, 0.15) is 0 Å². The summed E-state index contributed by atoms with van der Waals surface area (Å²) in [6.07, 6.45) is 1.67. The van der Waals surface area contributed by atoms with Gasteiger partial charge in [-0.3, -0.25) is 4.79 Å². The van der Waals surface area contributed by atoms with E-state index in [-0.39, 0.29) is 17.9 Å². The van der Waals surface area contributed by atoms with Gasteiger partial charge in [0.25, 0.3) is 5.91 Å². The predicted octanol–water partition coefficient (Wildman–Crippen LogP) is 1.42. The normalized spacial score (nSPS) is 29.6. The third kappa shape index (κ3) is 2.00. The lowest BCUT2D eigenvalue weighted by atomic mass is 10.00. The minimum absolute atomic E-state index is 0.00259. The molecule has 3 N–H and O–H groups in total. The van der Waals surface area contributed by atoms with Gasteiger partial charge in [-0.15, -0.1) is 0 Å². The van der Waals surface area contributed by atoms with Gasteiger partial charge in [-0.2, -0.15) is 0 Å². The Morgan fingerprint density at radius 2 is 2.16 bits per heavy atom. The lowest BCUT2D eigenvalue weighted by molar-refractivity contribution is 0.0753. The monoisotopic (exact) mass is 260 g/mol. The molecule has 1 amide bonds. The number of amides is 1. The Labute approximate surface area is 113 Å². The molecule has 1 aromatic carbocycles. The maximum absolute atomic E-state index is 12.5. The molecule has 4 heteroatoms. The number of likely N-dealkylation sites (tertiary alicyclic amines) is 1. The molecule has 4 nitrogen and oxygen atoms in total. The average molecular weight is 260 g/mol. The van der Waals surface area contributed by atoms with E-state index in [2.05, 4.69) is 0 Å². The summed E-state index contributed by atoms with van der Waals surface area (Å²) < 4.78 is 0. The van der Waals surface area contributed by atoms with Crippen LogP contribution in [-0.4, -0.2) is 35.1 Å². The van der Waals surface area contributed by atoms with Crippen LogP contribution >= 0.6 is 0 Å². The fourth-order valence-electron chi connectivity index (χ4n) is 3.44. The van der Waals surface area contributed by atoms with Crippen molar-refractivity contribution in [3.05, 3.63) is 29.3 Å². The lowest BCUT2D eigenvalue weighted by Gasteiger charge is -2.19. The van der Waals surface area contributed by atoms with E-state index in [9.17, 15) is 9.90 Å². The van der Waals surface area contributed by atoms with Gasteiger partial charge in [-0.1, -0.05) is 12.1 Å². The van der Waals surface area contributed by atoms with E-state index in [1.807, 2.05) is 24.0 Å². The van der Waals surface area contributed by atoms with Crippen molar-refractivity contribution in [1.82, 2.24) is 4.90 Å². The number of anilines is 1. The molecule has 3 unspecified atom stereocenters. The van der Waals surface area contributed by atoms with Crippen molar-refractivity contribution in [3.63, 3.8) is 0 Å². The van der Waals surface area contributed by atoms with Crippen molar-refractivity contribution < 1.29 is 9.90 Å². The molecule has 3 rings (SSSR count). The Kier molecular flexibility index (Phi) is 2.97. The number of aliphatic hydroxyl groups excluding tert-OH is 1. The molecule has 1 aliphatic carbocycles. The highest BCUT2D eigenvalue weighted by molar-refractivity contribution is 5.99. The molecule has 0 bridgehead atoms. The van der Waals surface area contributed by atoms with Crippen LogP contribution < -0.4 is 5.73 Å². The highest BCUT2D eigenvalue weighted by atomic mass is 16.3. The molecule has 2 fully saturated rings. The molecular formula is C15H20N2O2. The summed E-state index contributed by atoms with van der Waals surface area (Å²) in [7, 11) is 0. The molecule has 102 valence electrons. The zero-order valence-electron chi connectivity index (χ0n) is 11.2. The number of carbonyl (C=O) groups is 1. The van der Waals surface area contributed by atoms with Gasteiger partial charge >= 0.3 is 0 Å². The van der Waals surface area contributed by atoms with Crippen molar-refractivity contribution in [2.75, 3.05) is 18.8 Å². The average Bonchev–Trinajstić information content (AvgIpc) is 2.95. The molecule has 0 aromatic heterocycles. The summed E-state index contributed by atoms with van der Waals surface area (Å²) in [5.74, 6) is 0.725. The van der Waals surface area contributed by atoms with Gasteiger partial charge in [0.05, 0.1) is 11.7 Å². The number of fused-ring (bicyclic) bond motifs is 1. The molecule has 1 saturated heterocycles. The zero-order valence-corrected chi connectivity index (χ0v) is 11.2. The molecule has 19 heavy (non-hydrogen) atoms. The van der Waals surface area contributed by atoms with E-state index in [0.29, 0.717) is 23.7 Å². The van der Waals surface area contributed by atoms with Gasteiger partial charge in [0.2, 0.25) is 0 Å². The van der Waals surface area contributed by atoms with Crippen LogP contribution in [0, 0.1) is 18.8 Å². The topological polar surface area (TPSA) is 66.6 Å². The van der Waals surface area contributed by atoms with Crippen LogP contribution in [0.5, 0.6) is 0 Å². The third-order valence-electron chi connectivity index (χ3n) is 4.66. The van der Waals surface area contributed by atoms with Gasteiger partial charge in [0, 0.05) is 24.7 Å². The number of para-hydroxylation sites is 1. The highest BCUT2D eigenvalue weighted by Gasteiger charge is 2.43. The van der Waals surface area contributed by atoms with E-state index in [4.69, 9.17) is 5.73 Å². The number of aryl methyl sites for hydroxylation is 1. The smallest absolute Gasteiger partial charge is 0.255 e. The number of carbonyl (C=O) groups excluding carboxylic acids is 1. The lowest BCUT2D eigenvalue weighted by Crippen LogP contribution is -2.31. The summed E-state index contributed by atoms with van der Waals surface area (Å²) in [5.41, 5.74) is 8.10. The second-order valence-electron chi connectivity index (χ2n) is 5.81. The Hall–Kier alpha value is -1.55. The number of aliphatic hydroxyl groups is 1. The third-order valence-corrected chi connectivity index (χ3v) is 4.66. The van der Waals surface area contributed by atoms with Crippen LogP contribution in [0.15, 0.2) is 18.2 Å². The van der Waals surface area contributed by atoms with Crippen LogP contribution in [0.1, 0.15) is 28.8 Å². The number of hydrogen-bond donors (Lipinski definition) is 2. The molecule has 0 spiro atoms. The molecule has 0 radical (unpaired) electrons. The Morgan fingerprint density at radius 1 is 1.37 bits per heavy atom. The summed E-state index contributed by atoms with van der Waals surface area (Å²) in [4.78, 5) is 14.4. The van der Waals surface area contributed by atoms with Crippen molar-refractivity contribution in [2.24, 2.45) is 11.8 Å². The Bertz CT molecular complexity index is 515. The first-order valence-corrected chi connectivity index (χ1v) is 6.90. The van der Waals surface area contributed by atoms with E-state index in [1.54, 1.807) is 6.07 Å². The van der Waals surface area contributed by atoms with Crippen molar-refractivity contribution >= 4 is 11.6 Å². The van der Waals surface area contributed by atoms with Crippen molar-refractivity contribution in [1.29, 1.82) is 0 Å². The predicted molar refractivity (Wildman–Crippen MR) is 73.7 cm³/mol. The Balaban J connectivity index is 1.81. The van der Waals surface area contributed by atoms with Gasteiger partial charge in [0.15, 0.2) is 0 Å². The second kappa shape index (κ2) is 4.53. The zero-order chi connectivity index (χ0) is 13.6. The molecular weight excluding hydrogens is 240 g/mol. The first-order valence-electron chi connectivity index (χ1n) is 6.90. The second-order valence-corrected chi connectivity index (χ2v) is 5.81. The first kappa shape index (κ1) is 12.5. The number of hydrogen-bond acceptors (Lipinski definition) is 3. The number of benzene rings is 1. The molecule has 1 saturated carbocycles. The highest BCUT2D eigenvalue weighted by Crippen LogP contribution is 2.38. The van der Waals surface area contributed by atoms with Crippen molar-refractivity contribution in [2.45, 2.75) is 25.9 Å². The van der Waals surface area contributed by atoms with E-state index < -0.39 is 0 Å². The minimum atomic E-state index is -0.238. The molecule has 1 heterocycles. The van der Waals surface area contributed by atoms with Crippen LogP contribution in [0.3, 0.4) is 0 Å². The maximum Gasteiger partial charge on any atom is 0.255 e. The standard InChI is InChI=1S/C15H20N2O2/c1-9-3-2-4-11(14(9)16)15(19)17-7-10-5-6-13(18)12(10)8-17/h2-4,10,12-13,18H,5-8,16H2,1H3. The molecule has 1 aromatic rings. The number of nitrogen functional groups attached to an aromatic ring is 1. The Morgan fingerprint density at radius 3 is 2.89 bits per heavy atom.